The zero-order valence-corrected chi connectivity index (χ0v) is 28.5. The number of anilines is 2. The van der Waals surface area contributed by atoms with Crippen molar-refractivity contribution in [2.75, 3.05) is 11.5 Å². The normalized spacial score (nSPS) is 16.6. The predicted octanol–water partition coefficient (Wildman–Crippen LogP) is 11.7. The van der Waals surface area contributed by atoms with E-state index in [2.05, 4.69) is 107 Å². The van der Waals surface area contributed by atoms with Crippen molar-refractivity contribution < 1.29 is 0 Å². The van der Waals surface area contributed by atoms with Gasteiger partial charge in [-0.3, -0.25) is 0 Å². The molecule has 0 amide bonds. The molecule has 1 aliphatic carbocycles. The Labute approximate surface area is 273 Å². The van der Waals surface area contributed by atoms with Crippen molar-refractivity contribution in [1.29, 1.82) is 0 Å². The molecule has 5 rings (SSSR count). The number of nitrogen functional groups attached to an aromatic ring is 2. The smallest absolute Gasteiger partial charge is 0.0316 e. The van der Waals surface area contributed by atoms with Gasteiger partial charge in [0.2, 0.25) is 0 Å². The van der Waals surface area contributed by atoms with Crippen molar-refractivity contribution in [2.24, 2.45) is 11.8 Å². The molecule has 1 aliphatic rings. The second kappa shape index (κ2) is 15.2. The number of hydrogen-bond acceptors (Lipinski definition) is 2. The maximum atomic E-state index is 6.05. The molecule has 0 radical (unpaired) electrons. The zero-order chi connectivity index (χ0) is 31.9. The topological polar surface area (TPSA) is 52.0 Å². The molecule has 4 aromatic carbocycles. The Kier molecular flexibility index (Phi) is 11.1. The third kappa shape index (κ3) is 8.01. The number of nitrogens with two attached hydrogens (primary N) is 2. The van der Waals surface area contributed by atoms with E-state index in [4.69, 9.17) is 11.5 Å². The molecule has 3 unspecified atom stereocenters. The summed E-state index contributed by atoms with van der Waals surface area (Å²) in [5.41, 5.74) is 24.6. The third-order valence-corrected chi connectivity index (χ3v) is 11.0. The lowest BCUT2D eigenvalue weighted by molar-refractivity contribution is 0.218. The highest BCUT2D eigenvalue weighted by molar-refractivity contribution is 5.49. The van der Waals surface area contributed by atoms with E-state index in [-0.39, 0.29) is 0 Å². The van der Waals surface area contributed by atoms with Gasteiger partial charge in [0.25, 0.3) is 0 Å². The standard InChI is InChI=1S/C43H56N2/c1-6-10-35(36-11-8-7-9-12-36)21-24-43(37-17-13-33(14-18-37)31(4)41-25-22-39(44)27-29(41)2)38-19-15-34(16-20-38)32(5)42-26-23-40(45)28-30(42)3/h13-20,22-23,25-28,31-32,35-36,43H,6-12,21,24,44-45H2,1-5H3. The van der Waals surface area contributed by atoms with Crippen molar-refractivity contribution in [1.82, 2.24) is 0 Å². The fourth-order valence-corrected chi connectivity index (χ4v) is 8.26. The Hall–Kier alpha value is -3.52. The van der Waals surface area contributed by atoms with Crippen molar-refractivity contribution >= 4 is 11.4 Å². The van der Waals surface area contributed by atoms with Crippen LogP contribution in [-0.2, 0) is 0 Å². The van der Waals surface area contributed by atoms with Crippen LogP contribution < -0.4 is 11.5 Å². The highest BCUT2D eigenvalue weighted by Gasteiger charge is 2.25. The molecule has 4 aromatic rings. The van der Waals surface area contributed by atoms with Gasteiger partial charge in [-0.25, -0.2) is 0 Å². The molecule has 45 heavy (non-hydrogen) atoms. The number of hydrogen-bond donors (Lipinski definition) is 2. The molecule has 0 aromatic heterocycles. The number of benzene rings is 4. The SMILES string of the molecule is CCCC(CCC(c1ccc(C(C)c2ccc(N)cc2C)cc1)c1ccc(C(C)c2ccc(N)cc2C)cc1)C1CCCCC1. The van der Waals surface area contributed by atoms with Gasteiger partial charge >= 0.3 is 0 Å². The maximum absolute atomic E-state index is 6.05. The minimum atomic E-state index is 0.330. The summed E-state index contributed by atoms with van der Waals surface area (Å²) in [5, 5.41) is 0. The summed E-state index contributed by atoms with van der Waals surface area (Å²) in [5.74, 6) is 2.82. The fraction of sp³-hybridized carbons (Fsp3) is 0.442. The molecule has 238 valence electrons. The summed E-state index contributed by atoms with van der Waals surface area (Å²) in [6, 6.07) is 31.7. The first kappa shape index (κ1) is 32.9. The molecular weight excluding hydrogens is 544 g/mol. The van der Waals surface area contributed by atoms with Gasteiger partial charge in [-0.05, 0) is 107 Å². The van der Waals surface area contributed by atoms with Gasteiger partial charge < -0.3 is 11.5 Å². The summed E-state index contributed by atoms with van der Waals surface area (Å²) in [6.07, 6.45) is 12.3. The second-order valence-corrected chi connectivity index (χ2v) is 14.1. The van der Waals surface area contributed by atoms with Crippen LogP contribution in [-0.4, -0.2) is 0 Å². The van der Waals surface area contributed by atoms with Gasteiger partial charge in [0.15, 0.2) is 0 Å². The molecule has 2 nitrogen and oxygen atoms in total. The largest absolute Gasteiger partial charge is 0.399 e. The first-order valence-corrected chi connectivity index (χ1v) is 17.7. The van der Waals surface area contributed by atoms with Gasteiger partial charge in [-0.15, -0.1) is 0 Å². The Morgan fingerprint density at radius 2 is 1.02 bits per heavy atom. The van der Waals surface area contributed by atoms with Crippen LogP contribution >= 0.6 is 0 Å². The van der Waals surface area contributed by atoms with Gasteiger partial charge in [-0.2, -0.15) is 0 Å². The molecule has 3 atom stereocenters. The molecule has 1 saturated carbocycles. The van der Waals surface area contributed by atoms with E-state index in [9.17, 15) is 0 Å². The monoisotopic (exact) mass is 600 g/mol. The number of rotatable bonds is 12. The highest BCUT2D eigenvalue weighted by atomic mass is 14.5. The van der Waals surface area contributed by atoms with Crippen molar-refractivity contribution in [3.05, 3.63) is 129 Å². The molecule has 0 aliphatic heterocycles. The van der Waals surface area contributed by atoms with Crippen LogP contribution in [0.2, 0.25) is 0 Å². The Morgan fingerprint density at radius 1 is 0.578 bits per heavy atom. The third-order valence-electron chi connectivity index (χ3n) is 11.0. The zero-order valence-electron chi connectivity index (χ0n) is 28.5. The summed E-state index contributed by atoms with van der Waals surface area (Å²) in [4.78, 5) is 0. The molecule has 0 bridgehead atoms. The van der Waals surface area contributed by atoms with Gasteiger partial charge in [0.05, 0.1) is 0 Å². The van der Waals surface area contributed by atoms with Crippen LogP contribution in [0.4, 0.5) is 11.4 Å². The number of aryl methyl sites for hydroxylation is 2. The molecule has 4 N–H and O–H groups in total. The van der Waals surface area contributed by atoms with Crippen molar-refractivity contribution in [3.8, 4) is 0 Å². The Bertz CT molecular complexity index is 1410. The summed E-state index contributed by atoms with van der Waals surface area (Å²) < 4.78 is 0. The van der Waals surface area contributed by atoms with Crippen LogP contribution in [0.15, 0.2) is 84.9 Å². The molecule has 0 saturated heterocycles. The van der Waals surface area contributed by atoms with Gasteiger partial charge in [0, 0.05) is 29.1 Å². The highest BCUT2D eigenvalue weighted by Crippen LogP contribution is 2.40. The van der Waals surface area contributed by atoms with E-state index in [0.29, 0.717) is 17.8 Å². The van der Waals surface area contributed by atoms with Crippen LogP contribution in [0.3, 0.4) is 0 Å². The van der Waals surface area contributed by atoms with E-state index in [1.54, 1.807) is 0 Å². The van der Waals surface area contributed by atoms with Crippen molar-refractivity contribution in [3.63, 3.8) is 0 Å². The Morgan fingerprint density at radius 3 is 1.44 bits per heavy atom. The summed E-state index contributed by atoms with van der Waals surface area (Å²) in [6.45, 7) is 11.3. The molecule has 0 spiro atoms. The molecule has 1 fully saturated rings. The van der Waals surface area contributed by atoms with E-state index in [1.807, 2.05) is 12.1 Å². The van der Waals surface area contributed by atoms with Crippen LogP contribution in [0.5, 0.6) is 0 Å². The molecular formula is C43H56N2. The minimum absolute atomic E-state index is 0.330. The average molecular weight is 601 g/mol. The predicted molar refractivity (Wildman–Crippen MR) is 195 cm³/mol. The van der Waals surface area contributed by atoms with Crippen LogP contribution in [0, 0.1) is 25.7 Å². The van der Waals surface area contributed by atoms with Gasteiger partial charge in [-0.1, -0.05) is 126 Å². The minimum Gasteiger partial charge on any atom is -0.399 e. The van der Waals surface area contributed by atoms with E-state index < -0.39 is 0 Å². The molecule has 0 heterocycles. The van der Waals surface area contributed by atoms with E-state index in [1.165, 1.54) is 102 Å². The van der Waals surface area contributed by atoms with E-state index in [0.717, 1.165) is 23.2 Å². The van der Waals surface area contributed by atoms with Gasteiger partial charge in [0.1, 0.15) is 0 Å². The fourth-order valence-electron chi connectivity index (χ4n) is 8.26. The lowest BCUT2D eigenvalue weighted by Crippen LogP contribution is -2.19. The first-order chi connectivity index (χ1) is 21.7. The lowest BCUT2D eigenvalue weighted by Gasteiger charge is -2.31. The summed E-state index contributed by atoms with van der Waals surface area (Å²) in [7, 11) is 0. The summed E-state index contributed by atoms with van der Waals surface area (Å²) >= 11 is 0. The van der Waals surface area contributed by atoms with Crippen LogP contribution in [0.1, 0.15) is 141 Å². The van der Waals surface area contributed by atoms with Crippen molar-refractivity contribution in [2.45, 2.75) is 110 Å². The van der Waals surface area contributed by atoms with Crippen LogP contribution in [0.25, 0.3) is 0 Å². The Balaban J connectivity index is 1.41. The van der Waals surface area contributed by atoms with E-state index >= 15 is 0 Å². The average Bonchev–Trinajstić information content (AvgIpc) is 3.05. The first-order valence-electron chi connectivity index (χ1n) is 17.7. The maximum Gasteiger partial charge on any atom is 0.0316 e. The lowest BCUT2D eigenvalue weighted by atomic mass is 9.74. The second-order valence-electron chi connectivity index (χ2n) is 14.1. The molecule has 2 heteroatoms. The quantitative estimate of drug-likeness (QED) is 0.159.